The highest BCUT2D eigenvalue weighted by atomic mass is 19.1. The van der Waals surface area contributed by atoms with Crippen molar-refractivity contribution in [2.75, 3.05) is 18.4 Å². The minimum Gasteiger partial charge on any atom is -0.338 e. The number of nitrogens with one attached hydrogen (secondary N) is 2. The molecule has 1 aliphatic heterocycles. The number of anilines is 1. The van der Waals surface area contributed by atoms with Crippen LogP contribution in [0.1, 0.15) is 12.0 Å². The number of hydrogen-bond acceptors (Lipinski definition) is 2. The molecule has 0 unspecified atom stereocenters. The zero-order chi connectivity index (χ0) is 18.5. The molecule has 0 aliphatic carbocycles. The van der Waals surface area contributed by atoms with Crippen LogP contribution in [0.5, 0.6) is 0 Å². The molecule has 2 N–H and O–H groups in total. The molecule has 2 aromatic carbocycles. The van der Waals surface area contributed by atoms with Crippen molar-refractivity contribution in [2.24, 2.45) is 5.92 Å². The summed E-state index contributed by atoms with van der Waals surface area (Å²) in [5, 5.41) is 5.34. The van der Waals surface area contributed by atoms with Gasteiger partial charge in [0.15, 0.2) is 0 Å². The molecule has 0 radical (unpaired) electrons. The van der Waals surface area contributed by atoms with Crippen LogP contribution in [0.2, 0.25) is 0 Å². The molecule has 0 bridgehead atoms. The standard InChI is InChI=1S/C19H19F2N3O2/c20-15-3-1-13(2-4-15)11-24-12-14(9-18(24)25)10-22-19(26)23-17-7-5-16(21)6-8-17/h1-8,14H,9-12H2,(H2,22,23,26)/t14-/m0/s1. The minimum absolute atomic E-state index is 0.0140. The van der Waals surface area contributed by atoms with E-state index in [0.717, 1.165) is 5.56 Å². The van der Waals surface area contributed by atoms with Gasteiger partial charge in [-0.25, -0.2) is 13.6 Å². The molecule has 1 fully saturated rings. The van der Waals surface area contributed by atoms with Gasteiger partial charge in [0.2, 0.25) is 5.91 Å². The van der Waals surface area contributed by atoms with E-state index in [9.17, 15) is 18.4 Å². The Kier molecular flexibility index (Phi) is 5.46. The summed E-state index contributed by atoms with van der Waals surface area (Å²) in [6, 6.07) is 11.1. The Morgan fingerprint density at radius 1 is 1.04 bits per heavy atom. The number of benzene rings is 2. The summed E-state index contributed by atoms with van der Waals surface area (Å²) < 4.78 is 25.8. The molecule has 3 amide bonds. The van der Waals surface area contributed by atoms with E-state index in [4.69, 9.17) is 0 Å². The fourth-order valence-electron chi connectivity index (χ4n) is 2.90. The SMILES string of the molecule is O=C(NC[C@@H]1CC(=O)N(Cc2ccc(F)cc2)C1)Nc1ccc(F)cc1. The number of carbonyl (C=O) groups is 2. The van der Waals surface area contributed by atoms with Gasteiger partial charge >= 0.3 is 6.03 Å². The van der Waals surface area contributed by atoms with Gasteiger partial charge in [-0.3, -0.25) is 4.79 Å². The molecule has 1 aliphatic rings. The Morgan fingerprint density at radius 2 is 1.65 bits per heavy atom. The molecule has 5 nitrogen and oxygen atoms in total. The summed E-state index contributed by atoms with van der Waals surface area (Å²) in [6.45, 7) is 1.32. The van der Waals surface area contributed by atoms with Gasteiger partial charge in [-0.05, 0) is 42.0 Å². The quantitative estimate of drug-likeness (QED) is 0.862. The number of urea groups is 1. The average Bonchev–Trinajstić information content (AvgIpc) is 2.97. The summed E-state index contributed by atoms with van der Waals surface area (Å²) in [5.74, 6) is -0.653. The Balaban J connectivity index is 1.45. The number of rotatable bonds is 5. The zero-order valence-electron chi connectivity index (χ0n) is 14.0. The van der Waals surface area contributed by atoms with Crippen molar-refractivity contribution in [2.45, 2.75) is 13.0 Å². The van der Waals surface area contributed by atoms with Gasteiger partial charge in [0.25, 0.3) is 0 Å². The molecule has 7 heteroatoms. The second-order valence-electron chi connectivity index (χ2n) is 6.31. The zero-order valence-corrected chi connectivity index (χ0v) is 14.0. The second kappa shape index (κ2) is 7.95. The molecular weight excluding hydrogens is 340 g/mol. The van der Waals surface area contributed by atoms with Crippen LogP contribution in [0.4, 0.5) is 19.3 Å². The van der Waals surface area contributed by atoms with Crippen molar-refractivity contribution in [1.29, 1.82) is 0 Å². The molecule has 136 valence electrons. The second-order valence-corrected chi connectivity index (χ2v) is 6.31. The maximum absolute atomic E-state index is 12.9. The van der Waals surface area contributed by atoms with Gasteiger partial charge in [0.1, 0.15) is 11.6 Å². The predicted molar refractivity (Wildman–Crippen MR) is 93.3 cm³/mol. The minimum atomic E-state index is -0.402. The van der Waals surface area contributed by atoms with Gasteiger partial charge in [0, 0.05) is 37.7 Å². The number of halogens is 2. The fraction of sp³-hybridized carbons (Fsp3) is 0.263. The van der Waals surface area contributed by atoms with Crippen LogP contribution >= 0.6 is 0 Å². The lowest BCUT2D eigenvalue weighted by Crippen LogP contribution is -2.34. The highest BCUT2D eigenvalue weighted by Crippen LogP contribution is 2.20. The van der Waals surface area contributed by atoms with Crippen molar-refractivity contribution < 1.29 is 18.4 Å². The monoisotopic (exact) mass is 359 g/mol. The lowest BCUT2D eigenvalue weighted by atomic mass is 10.1. The lowest BCUT2D eigenvalue weighted by molar-refractivity contribution is -0.128. The van der Waals surface area contributed by atoms with Crippen LogP contribution in [0.3, 0.4) is 0 Å². The molecule has 0 aromatic heterocycles. The molecule has 1 heterocycles. The van der Waals surface area contributed by atoms with E-state index < -0.39 is 6.03 Å². The summed E-state index contributed by atoms with van der Waals surface area (Å²) in [5.41, 5.74) is 1.35. The number of likely N-dealkylation sites (tertiary alicyclic amines) is 1. The average molecular weight is 359 g/mol. The Morgan fingerprint density at radius 3 is 2.31 bits per heavy atom. The maximum Gasteiger partial charge on any atom is 0.319 e. The first-order chi connectivity index (χ1) is 12.5. The van der Waals surface area contributed by atoms with Crippen LogP contribution in [-0.4, -0.2) is 29.9 Å². The van der Waals surface area contributed by atoms with Crippen molar-refractivity contribution in [3.63, 3.8) is 0 Å². The number of carbonyl (C=O) groups excluding carboxylic acids is 2. The Hall–Kier alpha value is -2.96. The van der Waals surface area contributed by atoms with Gasteiger partial charge in [-0.2, -0.15) is 0 Å². The third-order valence-corrected chi connectivity index (χ3v) is 4.23. The summed E-state index contributed by atoms with van der Waals surface area (Å²) in [7, 11) is 0. The summed E-state index contributed by atoms with van der Waals surface area (Å²) in [4.78, 5) is 25.7. The highest BCUT2D eigenvalue weighted by molar-refractivity contribution is 5.89. The lowest BCUT2D eigenvalue weighted by Gasteiger charge is -2.17. The topological polar surface area (TPSA) is 61.4 Å². The molecule has 26 heavy (non-hydrogen) atoms. The Labute approximate surface area is 150 Å². The predicted octanol–water partition coefficient (Wildman–Crippen LogP) is 3.14. The van der Waals surface area contributed by atoms with E-state index in [-0.39, 0.29) is 23.5 Å². The summed E-state index contributed by atoms with van der Waals surface area (Å²) in [6.07, 6.45) is 0.359. The third-order valence-electron chi connectivity index (χ3n) is 4.23. The van der Waals surface area contributed by atoms with Crippen LogP contribution in [0.25, 0.3) is 0 Å². The van der Waals surface area contributed by atoms with E-state index in [1.165, 1.54) is 36.4 Å². The highest BCUT2D eigenvalue weighted by Gasteiger charge is 2.29. The molecule has 1 saturated heterocycles. The van der Waals surface area contributed by atoms with Crippen molar-refractivity contribution in [1.82, 2.24) is 10.2 Å². The van der Waals surface area contributed by atoms with Gasteiger partial charge in [0.05, 0.1) is 0 Å². The van der Waals surface area contributed by atoms with Crippen molar-refractivity contribution in [3.8, 4) is 0 Å². The number of hydrogen-bond donors (Lipinski definition) is 2. The molecular formula is C19H19F2N3O2. The van der Waals surface area contributed by atoms with Crippen LogP contribution in [-0.2, 0) is 11.3 Å². The summed E-state index contributed by atoms with van der Waals surface area (Å²) >= 11 is 0. The smallest absolute Gasteiger partial charge is 0.319 e. The van der Waals surface area contributed by atoms with E-state index in [1.807, 2.05) is 0 Å². The fourth-order valence-corrected chi connectivity index (χ4v) is 2.90. The van der Waals surface area contributed by atoms with E-state index >= 15 is 0 Å². The Bertz CT molecular complexity index is 778. The third kappa shape index (κ3) is 4.78. The molecule has 3 rings (SSSR count). The molecule has 2 aromatic rings. The largest absolute Gasteiger partial charge is 0.338 e. The van der Waals surface area contributed by atoms with Gasteiger partial charge < -0.3 is 15.5 Å². The van der Waals surface area contributed by atoms with Crippen LogP contribution < -0.4 is 10.6 Å². The first-order valence-electron chi connectivity index (χ1n) is 8.32. The van der Waals surface area contributed by atoms with E-state index in [0.29, 0.717) is 31.7 Å². The first kappa shape index (κ1) is 17.8. The molecule has 0 spiro atoms. The van der Waals surface area contributed by atoms with E-state index in [1.54, 1.807) is 17.0 Å². The van der Waals surface area contributed by atoms with Gasteiger partial charge in [-0.1, -0.05) is 12.1 Å². The van der Waals surface area contributed by atoms with Crippen LogP contribution in [0, 0.1) is 17.6 Å². The van der Waals surface area contributed by atoms with E-state index in [2.05, 4.69) is 10.6 Å². The van der Waals surface area contributed by atoms with Crippen molar-refractivity contribution >= 4 is 17.6 Å². The number of amides is 3. The molecule has 0 saturated carbocycles. The van der Waals surface area contributed by atoms with Crippen molar-refractivity contribution in [3.05, 3.63) is 65.7 Å². The maximum atomic E-state index is 12.9. The number of nitrogens with zero attached hydrogens (tertiary/aromatic N) is 1. The van der Waals surface area contributed by atoms with Crippen LogP contribution in [0.15, 0.2) is 48.5 Å². The van der Waals surface area contributed by atoms with Gasteiger partial charge in [-0.15, -0.1) is 0 Å². The molecule has 1 atom stereocenters. The first-order valence-corrected chi connectivity index (χ1v) is 8.32. The normalized spacial score (nSPS) is 16.6.